The van der Waals surface area contributed by atoms with Gasteiger partial charge in [0, 0.05) is 47.3 Å². The highest BCUT2D eigenvalue weighted by Gasteiger charge is 2.19. The zero-order valence-electron chi connectivity index (χ0n) is 22.8. The van der Waals surface area contributed by atoms with Crippen LogP contribution in [0.25, 0.3) is 39.4 Å². The summed E-state index contributed by atoms with van der Waals surface area (Å²) in [6.07, 6.45) is 10.3. The topological polar surface area (TPSA) is 123 Å². The normalized spacial score (nSPS) is 11.0. The fourth-order valence-corrected chi connectivity index (χ4v) is 4.88. The number of nitrogens with zero attached hydrogens (tertiary/aromatic N) is 6. The number of oxazole rings is 1. The predicted molar refractivity (Wildman–Crippen MR) is 163 cm³/mol. The van der Waals surface area contributed by atoms with E-state index in [0.717, 1.165) is 39.2 Å². The molecule has 0 saturated carbocycles. The Morgan fingerprint density at radius 1 is 0.837 bits per heavy atom. The second kappa shape index (κ2) is 11.4. The van der Waals surface area contributed by atoms with Gasteiger partial charge in [0.25, 0.3) is 0 Å². The lowest BCUT2D eigenvalue weighted by Gasteiger charge is -2.10. The number of anilines is 3. The average molecular weight is 565 g/mol. The molecule has 43 heavy (non-hydrogen) atoms. The number of nitrogens with one attached hydrogen (secondary N) is 2. The highest BCUT2D eigenvalue weighted by molar-refractivity contribution is 5.95. The van der Waals surface area contributed by atoms with E-state index in [4.69, 9.17) is 14.5 Å². The van der Waals surface area contributed by atoms with Crippen LogP contribution in [-0.2, 0) is 11.2 Å². The van der Waals surface area contributed by atoms with Crippen LogP contribution in [0.1, 0.15) is 5.56 Å². The van der Waals surface area contributed by atoms with Gasteiger partial charge >= 0.3 is 0 Å². The zero-order valence-corrected chi connectivity index (χ0v) is 22.8. The summed E-state index contributed by atoms with van der Waals surface area (Å²) >= 11 is 0. The van der Waals surface area contributed by atoms with Crippen LogP contribution in [0, 0.1) is 0 Å². The van der Waals surface area contributed by atoms with Gasteiger partial charge in [-0.25, -0.2) is 19.5 Å². The van der Waals surface area contributed by atoms with Gasteiger partial charge in [0.15, 0.2) is 12.2 Å². The Labute approximate surface area is 246 Å². The van der Waals surface area contributed by atoms with Crippen molar-refractivity contribution < 1.29 is 9.21 Å². The maximum absolute atomic E-state index is 12.8. The van der Waals surface area contributed by atoms with Gasteiger partial charge in [-0.3, -0.25) is 9.78 Å². The molecule has 5 aromatic heterocycles. The van der Waals surface area contributed by atoms with E-state index in [9.17, 15) is 4.79 Å². The molecule has 0 atom stereocenters. The van der Waals surface area contributed by atoms with Crippen LogP contribution < -0.4 is 10.6 Å². The maximum Gasteiger partial charge on any atom is 0.228 e. The summed E-state index contributed by atoms with van der Waals surface area (Å²) in [4.78, 5) is 30.1. The first kappa shape index (κ1) is 25.8. The Morgan fingerprint density at radius 3 is 2.53 bits per heavy atom. The molecule has 208 valence electrons. The molecule has 1 amide bonds. The van der Waals surface area contributed by atoms with Crippen LogP contribution in [0.2, 0.25) is 0 Å². The first-order valence-electron chi connectivity index (χ1n) is 13.6. The first-order chi connectivity index (χ1) is 21.2. The lowest BCUT2D eigenvalue weighted by molar-refractivity contribution is -0.115. The average Bonchev–Trinajstić information content (AvgIpc) is 3.71. The molecule has 10 heteroatoms. The Kier molecular flexibility index (Phi) is 6.82. The second-order valence-electron chi connectivity index (χ2n) is 9.75. The Balaban J connectivity index is 1.21. The number of hydrogen-bond acceptors (Lipinski definition) is 8. The minimum Gasteiger partial charge on any atom is -0.444 e. The molecule has 7 rings (SSSR count). The predicted octanol–water partition coefficient (Wildman–Crippen LogP) is 6.43. The summed E-state index contributed by atoms with van der Waals surface area (Å²) < 4.78 is 7.27. The molecule has 0 spiro atoms. The van der Waals surface area contributed by atoms with Gasteiger partial charge in [0.1, 0.15) is 5.69 Å². The molecule has 2 aromatic carbocycles. The largest absolute Gasteiger partial charge is 0.444 e. The molecule has 10 nitrogen and oxygen atoms in total. The van der Waals surface area contributed by atoms with Crippen LogP contribution in [0.4, 0.5) is 17.3 Å². The van der Waals surface area contributed by atoms with Crippen molar-refractivity contribution in [1.29, 1.82) is 0 Å². The number of amides is 1. The second-order valence-corrected chi connectivity index (χ2v) is 9.75. The molecule has 0 aliphatic heterocycles. The third-order valence-corrected chi connectivity index (χ3v) is 6.82. The Hall–Kier alpha value is -6.16. The quantitative estimate of drug-likeness (QED) is 0.216. The van der Waals surface area contributed by atoms with Crippen molar-refractivity contribution in [2.75, 3.05) is 10.6 Å². The number of rotatable bonds is 8. The van der Waals surface area contributed by atoms with Crippen molar-refractivity contribution in [1.82, 2.24) is 29.5 Å². The molecule has 0 aliphatic carbocycles. The van der Waals surface area contributed by atoms with Crippen LogP contribution in [0.3, 0.4) is 0 Å². The highest BCUT2D eigenvalue weighted by atomic mass is 16.3. The highest BCUT2D eigenvalue weighted by Crippen LogP contribution is 2.35. The summed E-state index contributed by atoms with van der Waals surface area (Å²) in [6, 6.07) is 26.8. The molecular formula is C33H24N8O2. The minimum absolute atomic E-state index is 0.113. The molecular weight excluding hydrogens is 540 g/mol. The lowest BCUT2D eigenvalue weighted by atomic mass is 10.0. The summed E-state index contributed by atoms with van der Waals surface area (Å²) in [6.45, 7) is 0. The molecule has 0 radical (unpaired) electrons. The van der Waals surface area contributed by atoms with E-state index in [2.05, 4.69) is 25.6 Å². The third kappa shape index (κ3) is 5.57. The summed E-state index contributed by atoms with van der Waals surface area (Å²) in [5.41, 5.74) is 7.27. The van der Waals surface area contributed by atoms with Crippen LogP contribution >= 0.6 is 0 Å². The summed E-state index contributed by atoms with van der Waals surface area (Å²) in [5, 5.41) is 11.2. The molecule has 7 aromatic rings. The molecule has 0 bridgehead atoms. The van der Waals surface area contributed by atoms with E-state index in [1.54, 1.807) is 24.8 Å². The lowest BCUT2D eigenvalue weighted by Crippen LogP contribution is -2.14. The number of pyridine rings is 2. The van der Waals surface area contributed by atoms with Crippen LogP contribution in [0.15, 0.2) is 127 Å². The molecule has 0 saturated heterocycles. The van der Waals surface area contributed by atoms with Gasteiger partial charge in [-0.1, -0.05) is 30.3 Å². The summed E-state index contributed by atoms with van der Waals surface area (Å²) in [7, 11) is 0. The van der Waals surface area contributed by atoms with Crippen LogP contribution in [-0.4, -0.2) is 35.5 Å². The molecule has 0 aliphatic rings. The van der Waals surface area contributed by atoms with Crippen molar-refractivity contribution in [2.24, 2.45) is 0 Å². The SMILES string of the molecule is O=C(Cc1ccncc1)Nc1cccc(-c2nn3ccccc3c2-c2ccnc(Nc3cccc(-c4cnco4)c3)n2)c1. The van der Waals surface area contributed by atoms with E-state index >= 15 is 0 Å². The standard InChI is InChI=1S/C33H24N8O2/c42-30(17-22-10-13-34-14-11-22)37-25-7-4-6-24(19-25)32-31(28-9-1-2-16-41(28)40-32)27-12-15-36-33(39-27)38-26-8-3-5-23(18-26)29-20-35-21-43-29/h1-16,18-21H,17H2,(H,37,42)(H,36,38,39). The number of carbonyl (C=O) groups excluding carboxylic acids is 1. The monoisotopic (exact) mass is 564 g/mol. The molecule has 0 fully saturated rings. The number of carbonyl (C=O) groups is 1. The van der Waals surface area contributed by atoms with Crippen LogP contribution in [0.5, 0.6) is 0 Å². The fourth-order valence-electron chi connectivity index (χ4n) is 4.88. The first-order valence-corrected chi connectivity index (χ1v) is 13.6. The van der Waals surface area contributed by atoms with Gasteiger partial charge in [0.05, 0.1) is 29.4 Å². The van der Waals surface area contributed by atoms with Crippen molar-refractivity contribution >= 4 is 28.7 Å². The minimum atomic E-state index is -0.113. The maximum atomic E-state index is 12.8. The number of aromatic nitrogens is 6. The van der Waals surface area contributed by atoms with Crippen molar-refractivity contribution in [3.63, 3.8) is 0 Å². The van der Waals surface area contributed by atoms with Crippen molar-refractivity contribution in [3.8, 4) is 33.8 Å². The Morgan fingerprint density at radius 2 is 1.67 bits per heavy atom. The van der Waals surface area contributed by atoms with E-state index in [0.29, 0.717) is 23.1 Å². The fraction of sp³-hybridized carbons (Fsp3) is 0.0303. The third-order valence-electron chi connectivity index (χ3n) is 6.82. The number of hydrogen-bond donors (Lipinski definition) is 2. The number of fused-ring (bicyclic) bond motifs is 1. The molecule has 2 N–H and O–H groups in total. The summed E-state index contributed by atoms with van der Waals surface area (Å²) in [5.74, 6) is 0.994. The smallest absolute Gasteiger partial charge is 0.228 e. The molecule has 0 unspecified atom stereocenters. The van der Waals surface area contributed by atoms with E-state index < -0.39 is 0 Å². The van der Waals surface area contributed by atoms with Gasteiger partial charge in [-0.2, -0.15) is 5.10 Å². The van der Waals surface area contributed by atoms with Gasteiger partial charge in [-0.05, 0) is 60.2 Å². The van der Waals surface area contributed by atoms with Crippen molar-refractivity contribution in [3.05, 3.63) is 128 Å². The molecule has 5 heterocycles. The number of benzene rings is 2. The van der Waals surface area contributed by atoms with Gasteiger partial charge in [0.2, 0.25) is 11.9 Å². The Bertz CT molecular complexity index is 2040. The van der Waals surface area contributed by atoms with E-state index in [1.165, 1.54) is 6.39 Å². The van der Waals surface area contributed by atoms with E-state index in [1.807, 2.05) is 95.6 Å². The van der Waals surface area contributed by atoms with Crippen molar-refractivity contribution in [2.45, 2.75) is 6.42 Å². The van der Waals surface area contributed by atoms with Gasteiger partial charge < -0.3 is 15.1 Å². The van der Waals surface area contributed by atoms with E-state index in [-0.39, 0.29) is 12.3 Å². The zero-order chi connectivity index (χ0) is 29.0. The van der Waals surface area contributed by atoms with Gasteiger partial charge in [-0.15, -0.1) is 0 Å².